The van der Waals surface area contributed by atoms with E-state index in [1.54, 1.807) is 0 Å². The number of nitrogen functional groups attached to an aromatic ring is 1. The van der Waals surface area contributed by atoms with Crippen LogP contribution in [0.3, 0.4) is 0 Å². The number of nitrogens with two attached hydrogens (primary N) is 1. The Balaban J connectivity index is 1.03. The fourth-order valence-electron chi connectivity index (χ4n) is 6.90. The number of thioether (sulfide) groups is 1. The Morgan fingerprint density at radius 3 is 2.09 bits per heavy atom. The molecule has 0 aromatic carbocycles. The molecule has 1 aromatic rings. The Labute approximate surface area is 371 Å². The van der Waals surface area contributed by atoms with Crippen LogP contribution < -0.4 is 38.0 Å². The van der Waals surface area contributed by atoms with Crippen molar-refractivity contribution in [1.82, 2.24) is 36.1 Å². The first-order chi connectivity index (χ1) is 30.1. The number of aliphatic hydroxyl groups excluding tert-OH is 2. The number of nitrogens with one attached hydrogen (secondary N) is 5. The van der Waals surface area contributed by atoms with Gasteiger partial charge in [-0.15, -0.1) is 0 Å². The predicted octanol–water partition coefficient (Wildman–Crippen LogP) is -0.00360. The molecule has 0 bridgehead atoms. The molecule has 30 heteroatoms. The number of phosphoric ester groups is 1. The lowest BCUT2D eigenvalue weighted by Crippen LogP contribution is -2.36. The Morgan fingerprint density at radius 1 is 0.859 bits per heavy atom. The summed E-state index contributed by atoms with van der Waals surface area (Å²) in [6.07, 6.45) is 5.06. The number of ether oxygens (including phenoxy) is 1. The van der Waals surface area contributed by atoms with Crippen LogP contribution in [0, 0.1) is 0 Å². The van der Waals surface area contributed by atoms with Crippen molar-refractivity contribution in [1.29, 1.82) is 0 Å². The number of fused-ring (bicyclic) bond motifs is 1. The minimum Gasteiger partial charge on any atom is -0.387 e. The molecule has 0 saturated carbocycles. The lowest BCUT2D eigenvalue weighted by atomic mass is 10.0. The van der Waals surface area contributed by atoms with Crippen LogP contribution in [0.15, 0.2) is 17.1 Å². The quantitative estimate of drug-likeness (QED) is 0.0298. The lowest BCUT2D eigenvalue weighted by molar-refractivity contribution is -0.122. The summed E-state index contributed by atoms with van der Waals surface area (Å²) in [6, 6.07) is 0.283. The van der Waals surface area contributed by atoms with Gasteiger partial charge in [0.1, 0.15) is 24.1 Å². The van der Waals surface area contributed by atoms with Crippen molar-refractivity contribution >= 4 is 70.9 Å². The van der Waals surface area contributed by atoms with Crippen molar-refractivity contribution < 1.29 is 80.5 Å². The summed E-state index contributed by atoms with van der Waals surface area (Å²) in [5, 5.41) is 35.8. The molecule has 362 valence electrons. The third-order valence-corrected chi connectivity index (χ3v) is 15.4. The van der Waals surface area contributed by atoms with Crippen molar-refractivity contribution in [2.24, 2.45) is 0 Å². The number of nitrogens with zero attached hydrogens (tertiary/aromatic N) is 2. The molecule has 3 fully saturated rings. The zero-order valence-corrected chi connectivity index (χ0v) is 38.1. The first-order valence-corrected chi connectivity index (χ1v) is 26.0. The summed E-state index contributed by atoms with van der Waals surface area (Å²) >= 11 is 1.87. The third kappa shape index (κ3) is 18.2. The number of rotatable bonds is 28. The van der Waals surface area contributed by atoms with Gasteiger partial charge < -0.3 is 66.8 Å². The number of carbonyl (C=O) groups excluding carboxylic acids is 4. The standard InChI is InChI=1S/C34H57N8O18P3S/c35-31-21(18-42(34(49)41-31)32-30(47)29(46)23(58-32)19-57-62(53,54)60-63(55,56)59-61(50,51)52)10-9-17-38-26(44)13-4-2-7-15-36-25(43)12-3-1-8-16-37-27(45)14-6-5-11-24-28-22(20-64-24)39-33(48)40-28/h9-10,18,22-24,28-30,32,46-47H,1-8,11-17,19-20H2,(H,36,43)(H,37,45)(H,38,44)(H,53,54)(H,55,56)(H2,35,41,49)(H2,39,40,48)(H2,50,51,52)/b10-9+/t22-,23-,24-,28-,29?,30+,32-/m1/s1. The largest absolute Gasteiger partial charge is 0.490 e. The van der Waals surface area contributed by atoms with Gasteiger partial charge >= 0.3 is 35.2 Å². The van der Waals surface area contributed by atoms with E-state index in [1.165, 1.54) is 12.2 Å². The number of aromatic nitrogens is 2. The fraction of sp³-hybridized carbons (Fsp3) is 0.706. The van der Waals surface area contributed by atoms with Crippen molar-refractivity contribution in [3.05, 3.63) is 28.3 Å². The maximum Gasteiger partial charge on any atom is 0.490 e. The minimum absolute atomic E-state index is 0.0238. The maximum absolute atomic E-state index is 12.6. The normalized spacial score (nSPS) is 25.0. The molecular weight excluding hydrogens is 933 g/mol. The molecule has 4 heterocycles. The van der Waals surface area contributed by atoms with Crippen LogP contribution in [0.5, 0.6) is 0 Å². The van der Waals surface area contributed by atoms with Gasteiger partial charge in [-0.05, 0) is 38.5 Å². The summed E-state index contributed by atoms with van der Waals surface area (Å²) in [5.74, 6) is 0.416. The summed E-state index contributed by atoms with van der Waals surface area (Å²) in [7, 11) is -17.0. The van der Waals surface area contributed by atoms with Gasteiger partial charge in [-0.1, -0.05) is 31.4 Å². The van der Waals surface area contributed by atoms with Gasteiger partial charge in [-0.2, -0.15) is 25.4 Å². The van der Waals surface area contributed by atoms with Crippen LogP contribution in [0.1, 0.15) is 88.8 Å². The number of carbonyl (C=O) groups is 4. The number of anilines is 1. The Bertz CT molecular complexity index is 2010. The molecule has 3 aliphatic rings. The van der Waals surface area contributed by atoms with Crippen LogP contribution in [-0.2, 0) is 46.0 Å². The molecule has 13 N–H and O–H groups in total. The first kappa shape index (κ1) is 53.4. The van der Waals surface area contributed by atoms with E-state index >= 15 is 0 Å². The van der Waals surface area contributed by atoms with Gasteiger partial charge in [0.25, 0.3) is 0 Å². The molecule has 9 atom stereocenters. The monoisotopic (exact) mass is 990 g/mol. The van der Waals surface area contributed by atoms with Gasteiger partial charge in [-0.25, -0.2) is 23.3 Å². The average molecular weight is 991 g/mol. The van der Waals surface area contributed by atoms with E-state index in [1.807, 2.05) is 11.8 Å². The van der Waals surface area contributed by atoms with Gasteiger partial charge in [0, 0.05) is 61.7 Å². The number of hydrogen-bond acceptors (Lipinski definition) is 17. The van der Waals surface area contributed by atoms with E-state index < -0.39 is 60.3 Å². The number of aliphatic hydroxyl groups is 2. The second-order valence-electron chi connectivity index (χ2n) is 15.1. The molecule has 64 heavy (non-hydrogen) atoms. The molecular formula is C34H57N8O18P3S. The van der Waals surface area contributed by atoms with Crippen LogP contribution in [0.2, 0.25) is 0 Å². The second-order valence-corrected chi connectivity index (χ2v) is 20.8. The number of urea groups is 1. The van der Waals surface area contributed by atoms with E-state index in [0.29, 0.717) is 56.9 Å². The minimum atomic E-state index is -5.82. The number of unbranched alkanes of at least 4 members (excludes halogenated alkanes) is 5. The van der Waals surface area contributed by atoms with Crippen molar-refractivity contribution in [2.75, 3.05) is 37.7 Å². The van der Waals surface area contributed by atoms with Gasteiger partial charge in [0.2, 0.25) is 17.7 Å². The van der Waals surface area contributed by atoms with Crippen molar-refractivity contribution in [2.45, 2.75) is 119 Å². The zero-order valence-electron chi connectivity index (χ0n) is 34.6. The van der Waals surface area contributed by atoms with Gasteiger partial charge in [0.15, 0.2) is 6.23 Å². The Hall–Kier alpha value is -3.26. The summed E-state index contributed by atoms with van der Waals surface area (Å²) in [5.41, 5.74) is 4.97. The molecule has 0 aliphatic carbocycles. The zero-order chi connectivity index (χ0) is 47.1. The number of amides is 5. The molecule has 26 nitrogen and oxygen atoms in total. The smallest absolute Gasteiger partial charge is 0.387 e. The second kappa shape index (κ2) is 25.0. The van der Waals surface area contributed by atoms with E-state index in [0.717, 1.165) is 48.6 Å². The molecule has 3 saturated heterocycles. The molecule has 1 aromatic heterocycles. The molecule has 4 rings (SSSR count). The third-order valence-electron chi connectivity index (χ3n) is 10.0. The molecule has 0 spiro atoms. The molecule has 3 unspecified atom stereocenters. The molecule has 5 amide bonds. The van der Waals surface area contributed by atoms with E-state index in [4.69, 9.17) is 20.3 Å². The highest BCUT2D eigenvalue weighted by molar-refractivity contribution is 8.00. The molecule has 0 radical (unpaired) electrons. The molecule has 3 aliphatic heterocycles. The topological polar surface area (TPSA) is 399 Å². The van der Waals surface area contributed by atoms with Crippen LogP contribution in [-0.4, -0.2) is 131 Å². The van der Waals surface area contributed by atoms with Gasteiger partial charge in [0.05, 0.1) is 18.7 Å². The highest BCUT2D eigenvalue weighted by Gasteiger charge is 2.47. The van der Waals surface area contributed by atoms with E-state index in [-0.39, 0.29) is 60.2 Å². The first-order valence-electron chi connectivity index (χ1n) is 20.5. The summed E-state index contributed by atoms with van der Waals surface area (Å²) in [6.45, 7) is 0.00737. The van der Waals surface area contributed by atoms with Crippen LogP contribution in [0.4, 0.5) is 10.6 Å². The summed E-state index contributed by atoms with van der Waals surface area (Å²) in [4.78, 5) is 101. The van der Waals surface area contributed by atoms with Crippen LogP contribution >= 0.6 is 35.2 Å². The maximum atomic E-state index is 12.6. The fourth-order valence-corrected chi connectivity index (χ4v) is 11.5. The Kier molecular flexibility index (Phi) is 20.9. The van der Waals surface area contributed by atoms with E-state index in [9.17, 15) is 57.7 Å². The Morgan fingerprint density at radius 2 is 1.47 bits per heavy atom. The highest BCUT2D eigenvalue weighted by Crippen LogP contribution is 2.66. The van der Waals surface area contributed by atoms with Gasteiger partial charge in [-0.3, -0.25) is 23.5 Å². The van der Waals surface area contributed by atoms with E-state index in [2.05, 4.69) is 44.7 Å². The van der Waals surface area contributed by atoms with Crippen LogP contribution in [0.25, 0.3) is 6.08 Å². The number of hydrogen-bond donors (Lipinski definition) is 12. The number of phosphoric acid groups is 3. The summed E-state index contributed by atoms with van der Waals surface area (Å²) < 4.78 is 52.2. The SMILES string of the molecule is Nc1nc(=O)n([C@@H]2O[C@H](COP(=O)(O)OP(=O)(O)OP(=O)(O)O)C(O)[C@@H]2O)cc1/C=C/CNC(=O)CCCCCNC(=O)CCCCCNC(=O)CCCC[C@H]1SC[C@H]2NC(=O)N[C@H]21. The average Bonchev–Trinajstić information content (AvgIpc) is 3.84. The lowest BCUT2D eigenvalue weighted by Gasteiger charge is -2.19. The van der Waals surface area contributed by atoms with Crippen molar-refractivity contribution in [3.63, 3.8) is 0 Å². The highest BCUT2D eigenvalue weighted by atomic mass is 32.2. The predicted molar refractivity (Wildman–Crippen MR) is 228 cm³/mol. The van der Waals surface area contributed by atoms with Crippen molar-refractivity contribution in [3.8, 4) is 0 Å².